The van der Waals surface area contributed by atoms with E-state index in [-0.39, 0.29) is 18.0 Å². The third kappa shape index (κ3) is 3.18. The van der Waals surface area contributed by atoms with Crippen molar-refractivity contribution in [3.05, 3.63) is 27.2 Å². The molecule has 90 valence electrons. The molecule has 0 atom stereocenters. The van der Waals surface area contributed by atoms with E-state index in [0.717, 1.165) is 5.56 Å². The highest BCUT2D eigenvalue weighted by Crippen LogP contribution is 2.28. The number of hydrogen-bond acceptors (Lipinski definition) is 3. The van der Waals surface area contributed by atoms with Gasteiger partial charge in [0.05, 0.1) is 11.5 Å². The average molecular weight is 329 g/mol. The number of aliphatic hydroxyl groups excluding tert-OH is 1. The molecule has 0 fully saturated rings. The molecular weight excluding hydrogens is 318 g/mol. The van der Waals surface area contributed by atoms with Gasteiger partial charge in [0.1, 0.15) is 0 Å². The monoisotopic (exact) mass is 327 g/mol. The molecule has 0 radical (unpaired) electrons. The van der Waals surface area contributed by atoms with Gasteiger partial charge in [0.15, 0.2) is 0 Å². The fourth-order valence-electron chi connectivity index (χ4n) is 1.09. The summed E-state index contributed by atoms with van der Waals surface area (Å²) in [6.07, 6.45) is 0. The van der Waals surface area contributed by atoms with Gasteiger partial charge in [-0.2, -0.15) is 0 Å². The lowest BCUT2D eigenvalue weighted by molar-refractivity contribution is 0.301. The van der Waals surface area contributed by atoms with Gasteiger partial charge in [-0.05, 0) is 40.5 Å². The molecule has 0 saturated carbocycles. The van der Waals surface area contributed by atoms with Crippen LogP contribution in [0.3, 0.4) is 0 Å². The van der Waals surface area contributed by atoms with Crippen LogP contribution in [-0.4, -0.2) is 26.7 Å². The molecule has 0 unspecified atom stereocenters. The maximum Gasteiger partial charge on any atom is 0.241 e. The highest BCUT2D eigenvalue weighted by Gasteiger charge is 2.18. The number of rotatable bonds is 4. The van der Waals surface area contributed by atoms with Crippen molar-refractivity contribution in [1.82, 2.24) is 4.72 Å². The molecule has 2 N–H and O–H groups in total. The van der Waals surface area contributed by atoms with Gasteiger partial charge in [-0.3, -0.25) is 0 Å². The van der Waals surface area contributed by atoms with Crippen LogP contribution in [0.1, 0.15) is 5.56 Å². The fraction of sp³-hybridized carbons (Fsp3) is 0.333. The third-order valence-corrected chi connectivity index (χ3v) is 4.73. The number of sulfonamides is 1. The largest absolute Gasteiger partial charge is 0.395 e. The Balaban J connectivity index is 3.18. The van der Waals surface area contributed by atoms with Crippen molar-refractivity contribution < 1.29 is 13.5 Å². The van der Waals surface area contributed by atoms with Crippen molar-refractivity contribution in [2.24, 2.45) is 0 Å². The topological polar surface area (TPSA) is 66.4 Å². The summed E-state index contributed by atoms with van der Waals surface area (Å²) >= 11 is 9.03. The zero-order valence-electron chi connectivity index (χ0n) is 8.50. The van der Waals surface area contributed by atoms with E-state index in [1.54, 1.807) is 13.0 Å². The lowest BCUT2D eigenvalue weighted by Gasteiger charge is -2.09. The van der Waals surface area contributed by atoms with Crippen molar-refractivity contribution in [2.45, 2.75) is 11.8 Å². The number of aryl methyl sites for hydroxylation is 1. The molecule has 0 aliphatic rings. The quantitative estimate of drug-likeness (QED) is 0.884. The summed E-state index contributed by atoms with van der Waals surface area (Å²) in [5.74, 6) is 0. The smallest absolute Gasteiger partial charge is 0.241 e. The molecule has 4 nitrogen and oxygen atoms in total. The Morgan fingerprint density at radius 2 is 2.12 bits per heavy atom. The van der Waals surface area contributed by atoms with Gasteiger partial charge < -0.3 is 5.11 Å². The van der Waals surface area contributed by atoms with E-state index in [9.17, 15) is 8.42 Å². The summed E-state index contributed by atoms with van der Waals surface area (Å²) in [7, 11) is -3.63. The molecule has 0 heterocycles. The average Bonchev–Trinajstić information content (AvgIpc) is 2.20. The van der Waals surface area contributed by atoms with Crippen molar-refractivity contribution in [2.75, 3.05) is 13.2 Å². The van der Waals surface area contributed by atoms with Crippen molar-refractivity contribution in [3.8, 4) is 0 Å². The first kappa shape index (κ1) is 13.9. The highest BCUT2D eigenvalue weighted by molar-refractivity contribution is 9.10. The second-order valence-corrected chi connectivity index (χ2v) is 6.15. The van der Waals surface area contributed by atoms with Crippen LogP contribution >= 0.6 is 27.5 Å². The Morgan fingerprint density at radius 1 is 1.50 bits per heavy atom. The van der Waals surface area contributed by atoms with Gasteiger partial charge in [0, 0.05) is 16.0 Å². The molecule has 16 heavy (non-hydrogen) atoms. The standard InChI is InChI=1S/C9H11BrClNO3S/c1-6-4-7(10)9(5-8(6)11)16(14,15)12-2-3-13/h4-5,12-13H,2-3H2,1H3. The van der Waals surface area contributed by atoms with Crippen molar-refractivity contribution >= 4 is 37.6 Å². The van der Waals surface area contributed by atoms with E-state index < -0.39 is 10.0 Å². The summed E-state index contributed by atoms with van der Waals surface area (Å²) in [4.78, 5) is 0.0663. The van der Waals surface area contributed by atoms with E-state index in [0.29, 0.717) is 9.50 Å². The molecule has 1 rings (SSSR count). The first-order valence-electron chi connectivity index (χ1n) is 4.44. The van der Waals surface area contributed by atoms with E-state index in [2.05, 4.69) is 20.7 Å². The van der Waals surface area contributed by atoms with Crippen LogP contribution in [0.25, 0.3) is 0 Å². The predicted molar refractivity (Wildman–Crippen MR) is 66.2 cm³/mol. The van der Waals surface area contributed by atoms with Gasteiger partial charge in [0.25, 0.3) is 0 Å². The minimum absolute atomic E-state index is 0.0275. The number of aliphatic hydroxyl groups is 1. The summed E-state index contributed by atoms with van der Waals surface area (Å²) in [5, 5.41) is 8.96. The van der Waals surface area contributed by atoms with Gasteiger partial charge in [-0.1, -0.05) is 11.6 Å². The third-order valence-electron chi connectivity index (χ3n) is 1.91. The van der Waals surface area contributed by atoms with Crippen LogP contribution in [0.2, 0.25) is 5.02 Å². The van der Waals surface area contributed by atoms with Crippen LogP contribution < -0.4 is 4.72 Å². The Labute approximate surface area is 108 Å². The summed E-state index contributed by atoms with van der Waals surface area (Å²) in [6.45, 7) is 1.50. The molecule has 0 aliphatic heterocycles. The van der Waals surface area contributed by atoms with Gasteiger partial charge in [-0.25, -0.2) is 13.1 Å². The van der Waals surface area contributed by atoms with E-state index in [1.165, 1.54) is 6.07 Å². The zero-order chi connectivity index (χ0) is 12.3. The van der Waals surface area contributed by atoms with Crippen molar-refractivity contribution in [3.63, 3.8) is 0 Å². The second-order valence-electron chi connectivity index (χ2n) is 3.15. The van der Waals surface area contributed by atoms with Gasteiger partial charge in [0.2, 0.25) is 10.0 Å². The van der Waals surface area contributed by atoms with Crippen LogP contribution in [0.5, 0.6) is 0 Å². The van der Waals surface area contributed by atoms with E-state index in [1.807, 2.05) is 0 Å². The minimum atomic E-state index is -3.63. The van der Waals surface area contributed by atoms with Crippen LogP contribution in [0, 0.1) is 6.92 Å². The van der Waals surface area contributed by atoms with Crippen LogP contribution in [-0.2, 0) is 10.0 Å². The van der Waals surface area contributed by atoms with Gasteiger partial charge >= 0.3 is 0 Å². The number of nitrogens with one attached hydrogen (secondary N) is 1. The van der Waals surface area contributed by atoms with E-state index >= 15 is 0 Å². The molecule has 1 aromatic carbocycles. The first-order valence-corrected chi connectivity index (χ1v) is 7.10. The molecular formula is C9H11BrClNO3S. The molecule has 0 spiro atoms. The van der Waals surface area contributed by atoms with Crippen LogP contribution in [0.4, 0.5) is 0 Å². The maximum absolute atomic E-state index is 11.8. The normalized spacial score (nSPS) is 11.8. The SMILES string of the molecule is Cc1cc(Br)c(S(=O)(=O)NCCO)cc1Cl. The molecule has 0 amide bonds. The second kappa shape index (κ2) is 5.46. The Bertz CT molecular complexity index is 490. The zero-order valence-corrected chi connectivity index (χ0v) is 11.7. The summed E-state index contributed by atoms with van der Waals surface area (Å²) < 4.78 is 26.2. The molecule has 0 aromatic heterocycles. The predicted octanol–water partition coefficient (Wildman–Crippen LogP) is 1.68. The van der Waals surface area contributed by atoms with Gasteiger partial charge in [-0.15, -0.1) is 0 Å². The number of halogens is 2. The Kier molecular flexibility index (Phi) is 4.75. The Hall–Kier alpha value is -0.140. The molecule has 0 bridgehead atoms. The Morgan fingerprint density at radius 3 is 2.69 bits per heavy atom. The maximum atomic E-state index is 11.8. The lowest BCUT2D eigenvalue weighted by Crippen LogP contribution is -2.27. The lowest BCUT2D eigenvalue weighted by atomic mass is 10.2. The molecule has 0 aliphatic carbocycles. The van der Waals surface area contributed by atoms with Crippen molar-refractivity contribution in [1.29, 1.82) is 0 Å². The van der Waals surface area contributed by atoms with E-state index in [4.69, 9.17) is 16.7 Å². The van der Waals surface area contributed by atoms with Crippen LogP contribution in [0.15, 0.2) is 21.5 Å². The summed E-state index contributed by atoms with van der Waals surface area (Å²) in [6, 6.07) is 3.01. The minimum Gasteiger partial charge on any atom is -0.395 e. The fourth-order valence-corrected chi connectivity index (χ4v) is 3.52. The molecule has 0 saturated heterocycles. The summed E-state index contributed by atoms with van der Waals surface area (Å²) in [5.41, 5.74) is 0.787. The highest BCUT2D eigenvalue weighted by atomic mass is 79.9. The molecule has 1 aromatic rings. The first-order chi connectivity index (χ1) is 7.38. The number of benzene rings is 1. The number of hydrogen-bond donors (Lipinski definition) is 2. The molecule has 7 heteroatoms.